The van der Waals surface area contributed by atoms with Crippen LogP contribution in [0.4, 0.5) is 0 Å². The normalized spacial score (nSPS) is 13.7. The maximum atomic E-state index is 10.5. The molecule has 0 spiro atoms. The van der Waals surface area contributed by atoms with E-state index in [2.05, 4.69) is 0 Å². The summed E-state index contributed by atoms with van der Waals surface area (Å²) < 4.78 is 5.21. The van der Waals surface area contributed by atoms with Gasteiger partial charge in [-0.05, 0) is 11.6 Å². The fourth-order valence-electron chi connectivity index (χ4n) is 1.38. The third kappa shape index (κ3) is 0.863. The van der Waals surface area contributed by atoms with Crippen LogP contribution in [0.25, 0.3) is 0 Å². The first-order valence-corrected chi connectivity index (χ1v) is 3.76. The quantitative estimate of drug-likeness (QED) is 0.633. The van der Waals surface area contributed by atoms with Crippen molar-refractivity contribution in [1.29, 1.82) is 0 Å². The van der Waals surface area contributed by atoms with Gasteiger partial charge in [-0.25, -0.2) is 0 Å². The molecule has 0 saturated heterocycles. The van der Waals surface area contributed by atoms with Crippen molar-refractivity contribution < 1.29 is 14.6 Å². The zero-order valence-electron chi connectivity index (χ0n) is 6.41. The highest BCUT2D eigenvalue weighted by Crippen LogP contribution is 2.33. The molecule has 0 amide bonds. The molecule has 1 aliphatic heterocycles. The van der Waals surface area contributed by atoms with Gasteiger partial charge in [0.15, 0.2) is 6.29 Å². The Hall–Kier alpha value is -1.51. The largest absolute Gasteiger partial charge is 0.507 e. The second kappa shape index (κ2) is 2.52. The van der Waals surface area contributed by atoms with Gasteiger partial charge in [0.1, 0.15) is 11.5 Å². The number of phenolic OH excluding ortho intramolecular Hbond substituents is 1. The Kier molecular flexibility index (Phi) is 1.50. The zero-order chi connectivity index (χ0) is 8.55. The minimum Gasteiger partial charge on any atom is -0.507 e. The Labute approximate surface area is 69.6 Å². The molecule has 3 nitrogen and oxygen atoms in total. The predicted octanol–water partition coefficient (Wildman–Crippen LogP) is 1.14. The number of fused-ring (bicyclic) bond motifs is 1. The minimum absolute atomic E-state index is 0.00866. The van der Waals surface area contributed by atoms with Gasteiger partial charge in [0, 0.05) is 6.42 Å². The Morgan fingerprint density at radius 1 is 1.50 bits per heavy atom. The molecule has 12 heavy (non-hydrogen) atoms. The fraction of sp³-hybridized carbons (Fsp3) is 0.222. The van der Waals surface area contributed by atoms with E-state index >= 15 is 0 Å². The van der Waals surface area contributed by atoms with Crippen molar-refractivity contribution in [2.75, 3.05) is 6.61 Å². The molecule has 1 aromatic carbocycles. The van der Waals surface area contributed by atoms with E-state index < -0.39 is 0 Å². The molecule has 0 atom stereocenters. The number of ether oxygens (including phenoxy) is 1. The molecule has 0 fully saturated rings. The number of hydrogen-bond acceptors (Lipinski definition) is 3. The second-order valence-electron chi connectivity index (χ2n) is 2.70. The molecule has 0 radical (unpaired) electrons. The van der Waals surface area contributed by atoms with Crippen molar-refractivity contribution in [1.82, 2.24) is 0 Å². The summed E-state index contributed by atoms with van der Waals surface area (Å²) in [5.41, 5.74) is 1.26. The van der Waals surface area contributed by atoms with E-state index in [1.54, 1.807) is 6.07 Å². The summed E-state index contributed by atoms with van der Waals surface area (Å²) >= 11 is 0. The first kappa shape index (κ1) is 7.16. The maximum Gasteiger partial charge on any atom is 0.157 e. The van der Waals surface area contributed by atoms with Crippen LogP contribution in [-0.2, 0) is 6.42 Å². The highest BCUT2D eigenvalue weighted by atomic mass is 16.5. The van der Waals surface area contributed by atoms with Crippen LogP contribution in [0.15, 0.2) is 12.1 Å². The number of hydrogen-bond donors (Lipinski definition) is 1. The van der Waals surface area contributed by atoms with Crippen LogP contribution in [0, 0.1) is 0 Å². The topological polar surface area (TPSA) is 46.5 Å². The summed E-state index contributed by atoms with van der Waals surface area (Å²) in [6, 6.07) is 3.31. The summed E-state index contributed by atoms with van der Waals surface area (Å²) in [4.78, 5) is 10.5. The Balaban J connectivity index is 2.65. The standard InChI is InChI=1S/C9H8O3/c10-5-7-8(11)2-1-6-3-4-12-9(6)7/h1-2,5,11H,3-4H2. The first-order valence-electron chi connectivity index (χ1n) is 3.76. The van der Waals surface area contributed by atoms with E-state index in [1.165, 1.54) is 6.07 Å². The lowest BCUT2D eigenvalue weighted by Crippen LogP contribution is -1.90. The number of aldehydes is 1. The second-order valence-corrected chi connectivity index (χ2v) is 2.70. The molecule has 1 heterocycles. The monoisotopic (exact) mass is 164 g/mol. The molecule has 0 aliphatic carbocycles. The van der Waals surface area contributed by atoms with Crippen molar-refractivity contribution in [2.45, 2.75) is 6.42 Å². The van der Waals surface area contributed by atoms with Gasteiger partial charge in [0.2, 0.25) is 0 Å². The molecular weight excluding hydrogens is 156 g/mol. The van der Waals surface area contributed by atoms with Crippen molar-refractivity contribution >= 4 is 6.29 Å². The van der Waals surface area contributed by atoms with Gasteiger partial charge in [-0.3, -0.25) is 4.79 Å². The van der Waals surface area contributed by atoms with Gasteiger partial charge in [-0.1, -0.05) is 6.07 Å². The average Bonchev–Trinajstić information content (AvgIpc) is 2.52. The highest BCUT2D eigenvalue weighted by Gasteiger charge is 2.18. The van der Waals surface area contributed by atoms with Crippen LogP contribution < -0.4 is 4.74 Å². The Morgan fingerprint density at radius 2 is 2.33 bits per heavy atom. The molecule has 0 bridgehead atoms. The van der Waals surface area contributed by atoms with Crippen molar-refractivity contribution in [2.24, 2.45) is 0 Å². The SMILES string of the molecule is O=Cc1c(O)ccc2c1OCC2. The zero-order valence-corrected chi connectivity index (χ0v) is 6.41. The summed E-state index contributed by atoms with van der Waals surface area (Å²) in [7, 11) is 0. The molecule has 0 aromatic heterocycles. The van der Waals surface area contributed by atoms with E-state index in [0.717, 1.165) is 12.0 Å². The van der Waals surface area contributed by atoms with Crippen LogP contribution in [0.1, 0.15) is 15.9 Å². The van der Waals surface area contributed by atoms with E-state index in [-0.39, 0.29) is 11.3 Å². The van der Waals surface area contributed by atoms with E-state index in [1.807, 2.05) is 0 Å². The number of benzene rings is 1. The molecule has 1 aliphatic rings. The van der Waals surface area contributed by atoms with Gasteiger partial charge in [-0.15, -0.1) is 0 Å². The molecule has 0 unspecified atom stereocenters. The Morgan fingerprint density at radius 3 is 3.08 bits per heavy atom. The molecule has 0 saturated carbocycles. The van der Waals surface area contributed by atoms with Crippen LogP contribution >= 0.6 is 0 Å². The molecule has 3 heteroatoms. The van der Waals surface area contributed by atoms with Gasteiger partial charge in [0.25, 0.3) is 0 Å². The average molecular weight is 164 g/mol. The van der Waals surface area contributed by atoms with Gasteiger partial charge in [-0.2, -0.15) is 0 Å². The van der Waals surface area contributed by atoms with Crippen molar-refractivity contribution in [3.63, 3.8) is 0 Å². The smallest absolute Gasteiger partial charge is 0.157 e. The Bertz CT molecular complexity index is 331. The summed E-state index contributed by atoms with van der Waals surface area (Å²) in [5, 5.41) is 9.26. The predicted molar refractivity (Wildman–Crippen MR) is 42.7 cm³/mol. The van der Waals surface area contributed by atoms with Gasteiger partial charge in [0.05, 0.1) is 12.2 Å². The summed E-state index contributed by atoms with van der Waals surface area (Å²) in [6.45, 7) is 0.597. The lowest BCUT2D eigenvalue weighted by Gasteiger charge is -2.03. The molecule has 1 aromatic rings. The number of carbonyl (C=O) groups excluding carboxylic acids is 1. The van der Waals surface area contributed by atoms with Crippen molar-refractivity contribution in [3.05, 3.63) is 23.3 Å². The van der Waals surface area contributed by atoms with Crippen molar-refractivity contribution in [3.8, 4) is 11.5 Å². The van der Waals surface area contributed by atoms with E-state index in [4.69, 9.17) is 4.74 Å². The van der Waals surface area contributed by atoms with Gasteiger partial charge < -0.3 is 9.84 Å². The lowest BCUT2D eigenvalue weighted by atomic mass is 10.1. The minimum atomic E-state index is -0.00866. The number of aromatic hydroxyl groups is 1. The highest BCUT2D eigenvalue weighted by molar-refractivity contribution is 5.84. The lowest BCUT2D eigenvalue weighted by molar-refractivity contribution is 0.111. The first-order chi connectivity index (χ1) is 5.83. The van der Waals surface area contributed by atoms with Gasteiger partial charge >= 0.3 is 0 Å². The third-order valence-electron chi connectivity index (χ3n) is 1.99. The molecule has 1 N–H and O–H groups in total. The van der Waals surface area contributed by atoms with Crippen LogP contribution in [-0.4, -0.2) is 18.0 Å². The molecular formula is C9H8O3. The van der Waals surface area contributed by atoms with E-state index in [0.29, 0.717) is 18.6 Å². The van der Waals surface area contributed by atoms with Crippen LogP contribution in [0.3, 0.4) is 0 Å². The molecule has 2 rings (SSSR count). The fourth-order valence-corrected chi connectivity index (χ4v) is 1.38. The number of carbonyl (C=O) groups is 1. The summed E-state index contributed by atoms with van der Waals surface area (Å²) in [6.07, 6.45) is 1.44. The van der Waals surface area contributed by atoms with Crippen LogP contribution in [0.5, 0.6) is 11.5 Å². The number of rotatable bonds is 1. The summed E-state index contributed by atoms with van der Waals surface area (Å²) in [5.74, 6) is 0.538. The maximum absolute atomic E-state index is 10.5. The van der Waals surface area contributed by atoms with Crippen LogP contribution in [0.2, 0.25) is 0 Å². The number of phenols is 1. The molecule has 62 valence electrons. The van der Waals surface area contributed by atoms with E-state index in [9.17, 15) is 9.90 Å². The third-order valence-corrected chi connectivity index (χ3v) is 1.99.